The molecule has 28 heavy (non-hydrogen) atoms. The molecule has 4 nitrogen and oxygen atoms in total. The van der Waals surface area contributed by atoms with E-state index in [9.17, 15) is 19.8 Å². The Bertz CT molecular complexity index is 853. The van der Waals surface area contributed by atoms with E-state index in [0.29, 0.717) is 40.0 Å². The molecular weight excluding hydrogens is 420 g/mol. The molecule has 0 radical (unpaired) electrons. The van der Waals surface area contributed by atoms with Crippen molar-refractivity contribution in [2.75, 3.05) is 0 Å². The highest BCUT2D eigenvalue weighted by Gasteiger charge is 2.41. The number of allylic oxidation sites excluding steroid dienone is 4. The normalized spacial score (nSPS) is 26.1. The van der Waals surface area contributed by atoms with Crippen LogP contribution < -0.4 is 0 Å². The molecule has 1 aromatic rings. The first-order valence-electron chi connectivity index (χ1n) is 9.61. The van der Waals surface area contributed by atoms with E-state index in [4.69, 9.17) is 0 Å². The number of aromatic hydroxyl groups is 2. The molecule has 1 fully saturated rings. The summed E-state index contributed by atoms with van der Waals surface area (Å²) in [5.74, 6) is 0.471. The zero-order valence-corrected chi connectivity index (χ0v) is 18.8. The molecule has 0 aliphatic heterocycles. The lowest BCUT2D eigenvalue weighted by molar-refractivity contribution is -0.129. The monoisotopic (exact) mass is 448 g/mol. The molecule has 2 N–H and O–H groups in total. The molecule has 1 aliphatic carbocycles. The highest BCUT2D eigenvalue weighted by atomic mass is 79.9. The van der Waals surface area contributed by atoms with Gasteiger partial charge in [0.05, 0.1) is 10.0 Å². The number of rotatable bonds is 5. The van der Waals surface area contributed by atoms with Crippen molar-refractivity contribution in [3.8, 4) is 11.5 Å². The Morgan fingerprint density at radius 2 is 1.93 bits per heavy atom. The number of phenolic OH excluding ortho intramolecular Hbond substituents is 2. The maximum absolute atomic E-state index is 12.2. The molecule has 1 saturated carbocycles. The van der Waals surface area contributed by atoms with E-state index in [1.807, 2.05) is 26.0 Å². The largest absolute Gasteiger partial charge is 0.507 e. The van der Waals surface area contributed by atoms with Crippen LogP contribution in [0.25, 0.3) is 0 Å². The lowest BCUT2D eigenvalue weighted by Gasteiger charge is -2.42. The average Bonchev–Trinajstić information content (AvgIpc) is 2.66. The second-order valence-corrected chi connectivity index (χ2v) is 8.92. The number of ketones is 1. The molecule has 2 rings (SSSR count). The number of carbonyl (C=O) groups excluding carboxylic acids is 2. The van der Waals surface area contributed by atoms with Crippen LogP contribution in [0.3, 0.4) is 0 Å². The van der Waals surface area contributed by atoms with Crippen LogP contribution in [0.5, 0.6) is 11.5 Å². The third-order valence-corrected chi connectivity index (χ3v) is 7.49. The third kappa shape index (κ3) is 4.09. The summed E-state index contributed by atoms with van der Waals surface area (Å²) in [6.07, 6.45) is 8.45. The molecule has 1 aliphatic rings. The molecule has 1 aromatic carbocycles. The fraction of sp³-hybridized carbons (Fsp3) is 0.478. The Morgan fingerprint density at radius 1 is 1.29 bits per heavy atom. The zero-order valence-electron chi connectivity index (χ0n) is 17.2. The molecule has 0 aromatic heterocycles. The van der Waals surface area contributed by atoms with E-state index in [0.717, 1.165) is 12.0 Å². The number of carbonyl (C=O) groups is 2. The molecule has 0 amide bonds. The molecule has 152 valence electrons. The van der Waals surface area contributed by atoms with Crippen LogP contribution in [-0.2, 0) is 11.2 Å². The summed E-state index contributed by atoms with van der Waals surface area (Å²) in [5, 5.41) is 20.7. The van der Waals surface area contributed by atoms with Crippen LogP contribution in [-0.4, -0.2) is 22.3 Å². The van der Waals surface area contributed by atoms with E-state index in [-0.39, 0.29) is 34.8 Å². The van der Waals surface area contributed by atoms with Gasteiger partial charge in [-0.3, -0.25) is 9.59 Å². The summed E-state index contributed by atoms with van der Waals surface area (Å²) in [4.78, 5) is 23.5. The molecular formula is C23H29BrO4. The molecule has 0 bridgehead atoms. The van der Waals surface area contributed by atoms with Crippen molar-refractivity contribution in [1.82, 2.24) is 0 Å². The SMILES string of the molecule is CC(/C=C/C1(C)C(C)CCC(=O)C1C)=C\Cc1c(O)c(Br)c(C)c(C=O)c1O. The van der Waals surface area contributed by atoms with Gasteiger partial charge in [0.1, 0.15) is 17.3 Å². The minimum absolute atomic E-state index is 0.0170. The van der Waals surface area contributed by atoms with Crippen molar-refractivity contribution < 1.29 is 19.8 Å². The smallest absolute Gasteiger partial charge is 0.154 e. The van der Waals surface area contributed by atoms with Gasteiger partial charge in [-0.2, -0.15) is 0 Å². The topological polar surface area (TPSA) is 74.6 Å². The summed E-state index contributed by atoms with van der Waals surface area (Å²) in [6.45, 7) is 9.93. The molecule has 0 heterocycles. The number of halogens is 1. The minimum atomic E-state index is -0.188. The number of hydrogen-bond acceptors (Lipinski definition) is 4. The number of phenols is 2. The Morgan fingerprint density at radius 3 is 2.54 bits per heavy atom. The van der Waals surface area contributed by atoms with Gasteiger partial charge in [-0.05, 0) is 59.5 Å². The van der Waals surface area contributed by atoms with Crippen molar-refractivity contribution in [3.05, 3.63) is 45.0 Å². The summed E-state index contributed by atoms with van der Waals surface area (Å²) < 4.78 is 0.417. The van der Waals surface area contributed by atoms with Gasteiger partial charge in [0, 0.05) is 17.9 Å². The van der Waals surface area contributed by atoms with Gasteiger partial charge < -0.3 is 10.2 Å². The average molecular weight is 449 g/mol. The standard InChI is InChI=1S/C23H29BrO4/c1-13(10-11-23(5)14(2)7-9-19(26)16(23)4)6-8-17-21(27)18(12-25)15(3)20(24)22(17)28/h6,10-12,14,16,27-28H,7-9H2,1-5H3/b11-10+,13-6+. The summed E-state index contributed by atoms with van der Waals surface area (Å²) in [6, 6.07) is 0. The van der Waals surface area contributed by atoms with E-state index >= 15 is 0 Å². The number of Topliss-reactive ketones (excluding diaryl/α,β-unsaturated/α-hetero) is 1. The number of benzene rings is 1. The van der Waals surface area contributed by atoms with Crippen LogP contribution in [0.1, 0.15) is 62.0 Å². The van der Waals surface area contributed by atoms with Crippen LogP contribution >= 0.6 is 15.9 Å². The van der Waals surface area contributed by atoms with Gasteiger partial charge in [0.15, 0.2) is 6.29 Å². The Hall–Kier alpha value is -1.88. The molecule has 3 unspecified atom stereocenters. The molecule has 0 saturated heterocycles. The van der Waals surface area contributed by atoms with Crippen LogP contribution in [0.4, 0.5) is 0 Å². The zero-order chi connectivity index (χ0) is 21.2. The highest BCUT2D eigenvalue weighted by Crippen LogP contribution is 2.45. The van der Waals surface area contributed by atoms with Crippen molar-refractivity contribution in [1.29, 1.82) is 0 Å². The van der Waals surface area contributed by atoms with Crippen molar-refractivity contribution in [3.63, 3.8) is 0 Å². The van der Waals surface area contributed by atoms with Crippen LogP contribution in [0.15, 0.2) is 28.3 Å². The van der Waals surface area contributed by atoms with Crippen LogP contribution in [0.2, 0.25) is 0 Å². The number of hydrogen-bond donors (Lipinski definition) is 2. The van der Waals surface area contributed by atoms with E-state index in [1.54, 1.807) is 6.92 Å². The predicted octanol–water partition coefficient (Wildman–Crippen LogP) is 5.67. The summed E-state index contributed by atoms with van der Waals surface area (Å²) in [5.41, 5.74) is 1.77. The predicted molar refractivity (Wildman–Crippen MR) is 115 cm³/mol. The van der Waals surface area contributed by atoms with E-state index < -0.39 is 0 Å². The van der Waals surface area contributed by atoms with Gasteiger partial charge in [0.25, 0.3) is 0 Å². The molecule has 0 spiro atoms. The third-order valence-electron chi connectivity index (χ3n) is 6.52. The Kier molecular flexibility index (Phi) is 6.92. The van der Waals surface area contributed by atoms with Crippen molar-refractivity contribution in [2.24, 2.45) is 17.3 Å². The van der Waals surface area contributed by atoms with Gasteiger partial charge in [0.2, 0.25) is 0 Å². The van der Waals surface area contributed by atoms with Gasteiger partial charge in [-0.1, -0.05) is 44.6 Å². The Balaban J connectivity index is 2.28. The first kappa shape index (κ1) is 22.4. The summed E-state index contributed by atoms with van der Waals surface area (Å²) in [7, 11) is 0. The first-order chi connectivity index (χ1) is 13.0. The van der Waals surface area contributed by atoms with E-state index in [2.05, 4.69) is 35.9 Å². The van der Waals surface area contributed by atoms with Gasteiger partial charge in [-0.25, -0.2) is 0 Å². The van der Waals surface area contributed by atoms with Crippen LogP contribution in [0, 0.1) is 24.2 Å². The maximum Gasteiger partial charge on any atom is 0.154 e. The summed E-state index contributed by atoms with van der Waals surface area (Å²) >= 11 is 3.28. The van der Waals surface area contributed by atoms with Crippen molar-refractivity contribution >= 4 is 28.0 Å². The number of aldehydes is 1. The van der Waals surface area contributed by atoms with Gasteiger partial charge >= 0.3 is 0 Å². The fourth-order valence-corrected chi connectivity index (χ4v) is 4.28. The van der Waals surface area contributed by atoms with Gasteiger partial charge in [-0.15, -0.1) is 0 Å². The minimum Gasteiger partial charge on any atom is -0.507 e. The van der Waals surface area contributed by atoms with E-state index in [1.165, 1.54) is 0 Å². The molecule has 3 atom stereocenters. The van der Waals surface area contributed by atoms with Crippen molar-refractivity contribution in [2.45, 2.75) is 53.9 Å². The lowest BCUT2D eigenvalue weighted by atomic mass is 9.61. The first-order valence-corrected chi connectivity index (χ1v) is 10.4. The highest BCUT2D eigenvalue weighted by molar-refractivity contribution is 9.10. The maximum atomic E-state index is 12.2. The fourth-order valence-electron chi connectivity index (χ4n) is 3.83. The lowest BCUT2D eigenvalue weighted by Crippen LogP contribution is -2.40. The Labute approximate surface area is 175 Å². The second-order valence-electron chi connectivity index (χ2n) is 8.13. The quantitative estimate of drug-likeness (QED) is 0.449. The second kappa shape index (κ2) is 8.64. The molecule has 5 heteroatoms.